The van der Waals surface area contributed by atoms with E-state index in [0.717, 1.165) is 16.6 Å². The van der Waals surface area contributed by atoms with E-state index in [4.69, 9.17) is 4.74 Å². The van der Waals surface area contributed by atoms with E-state index in [1.807, 2.05) is 0 Å². The third-order valence-electron chi connectivity index (χ3n) is 3.02. The number of ether oxygens (including phenoxy) is 1. The lowest BCUT2D eigenvalue weighted by Gasteiger charge is -2.24. The maximum Gasteiger partial charge on any atom is 0.123 e. The first-order valence-electron chi connectivity index (χ1n) is 5.08. The number of methoxy groups -OCH3 is 1. The molecule has 0 saturated carbocycles. The summed E-state index contributed by atoms with van der Waals surface area (Å²) in [5, 5.41) is 0. The molecule has 1 unspecified atom stereocenters. The Kier molecular flexibility index (Phi) is 2.82. The van der Waals surface area contributed by atoms with Gasteiger partial charge >= 0.3 is 0 Å². The van der Waals surface area contributed by atoms with Crippen LogP contribution in [0.3, 0.4) is 0 Å². The Hall–Kier alpha value is -0.500. The fourth-order valence-electron chi connectivity index (χ4n) is 2.26. The summed E-state index contributed by atoms with van der Waals surface area (Å²) in [5.74, 6) is 1.71. The molecule has 2 rings (SSSR count). The van der Waals surface area contributed by atoms with Crippen molar-refractivity contribution in [2.24, 2.45) is 0 Å². The van der Waals surface area contributed by atoms with Gasteiger partial charge in [0.25, 0.3) is 0 Å². The van der Waals surface area contributed by atoms with Crippen LogP contribution >= 0.6 is 15.9 Å². The van der Waals surface area contributed by atoms with Gasteiger partial charge in [-0.1, -0.05) is 22.9 Å². The summed E-state index contributed by atoms with van der Waals surface area (Å²) in [5.41, 5.74) is 2.87. The molecule has 1 atom stereocenters. The highest BCUT2D eigenvalue weighted by atomic mass is 79.9. The summed E-state index contributed by atoms with van der Waals surface area (Å²) >= 11 is 3.53. The number of hydrogen-bond donors (Lipinski definition) is 0. The summed E-state index contributed by atoms with van der Waals surface area (Å²) in [7, 11) is 1.75. The van der Waals surface area contributed by atoms with Crippen molar-refractivity contribution >= 4 is 15.9 Å². The molecular formula is C12H15BrO. The number of rotatable bonds is 1. The molecule has 1 aromatic carbocycles. The fraction of sp³-hybridized carbons (Fsp3) is 0.500. The molecule has 1 aliphatic carbocycles. The van der Waals surface area contributed by atoms with Gasteiger partial charge in [-0.05, 0) is 48.4 Å². The molecule has 0 amide bonds. The monoisotopic (exact) mass is 254 g/mol. The zero-order valence-electron chi connectivity index (χ0n) is 8.64. The molecule has 0 saturated heterocycles. The molecule has 0 radical (unpaired) electrons. The summed E-state index contributed by atoms with van der Waals surface area (Å²) in [6.45, 7) is 2.30. The Balaban J connectivity index is 2.54. The molecule has 0 aliphatic heterocycles. The predicted octanol–water partition coefficient (Wildman–Crippen LogP) is 3.90. The molecule has 0 bridgehead atoms. The van der Waals surface area contributed by atoms with Gasteiger partial charge in [-0.2, -0.15) is 0 Å². The first kappa shape index (κ1) is 10.0. The van der Waals surface area contributed by atoms with E-state index in [1.54, 1.807) is 7.11 Å². The van der Waals surface area contributed by atoms with Gasteiger partial charge in [0.05, 0.1) is 7.11 Å². The van der Waals surface area contributed by atoms with E-state index >= 15 is 0 Å². The van der Waals surface area contributed by atoms with Gasteiger partial charge in [-0.25, -0.2) is 0 Å². The molecule has 0 heterocycles. The molecule has 1 aliphatic rings. The molecule has 1 aromatic rings. The molecule has 0 N–H and O–H groups in total. The minimum Gasteiger partial charge on any atom is -0.496 e. The highest BCUT2D eigenvalue weighted by molar-refractivity contribution is 9.10. The summed E-state index contributed by atoms with van der Waals surface area (Å²) in [6, 6.07) is 4.30. The molecule has 76 valence electrons. The Morgan fingerprint density at radius 2 is 2.21 bits per heavy atom. The smallest absolute Gasteiger partial charge is 0.123 e. The average Bonchev–Trinajstić information content (AvgIpc) is 2.18. The lowest BCUT2D eigenvalue weighted by atomic mass is 9.83. The fourth-order valence-corrected chi connectivity index (χ4v) is 2.72. The topological polar surface area (TPSA) is 9.23 Å². The first-order valence-corrected chi connectivity index (χ1v) is 5.88. The van der Waals surface area contributed by atoms with Crippen LogP contribution in [0.5, 0.6) is 5.75 Å². The average molecular weight is 255 g/mol. The molecule has 0 fully saturated rings. The third-order valence-corrected chi connectivity index (χ3v) is 3.48. The van der Waals surface area contributed by atoms with Crippen LogP contribution in [0.1, 0.15) is 36.8 Å². The van der Waals surface area contributed by atoms with Crippen molar-refractivity contribution in [3.63, 3.8) is 0 Å². The van der Waals surface area contributed by atoms with E-state index in [0.29, 0.717) is 5.92 Å². The van der Waals surface area contributed by atoms with Gasteiger partial charge < -0.3 is 4.74 Å². The Morgan fingerprint density at radius 1 is 1.43 bits per heavy atom. The number of benzene rings is 1. The predicted molar refractivity (Wildman–Crippen MR) is 62.0 cm³/mol. The zero-order chi connectivity index (χ0) is 10.1. The number of hydrogen-bond acceptors (Lipinski definition) is 1. The molecule has 0 spiro atoms. The van der Waals surface area contributed by atoms with Crippen LogP contribution in [-0.4, -0.2) is 7.11 Å². The third kappa shape index (κ3) is 1.68. The van der Waals surface area contributed by atoms with Crippen molar-refractivity contribution in [3.05, 3.63) is 27.7 Å². The van der Waals surface area contributed by atoms with E-state index in [-0.39, 0.29) is 0 Å². The van der Waals surface area contributed by atoms with Crippen molar-refractivity contribution in [1.29, 1.82) is 0 Å². The normalized spacial score (nSPS) is 20.4. The molecule has 0 aromatic heterocycles. The van der Waals surface area contributed by atoms with Gasteiger partial charge in [0.1, 0.15) is 5.75 Å². The van der Waals surface area contributed by atoms with Gasteiger partial charge in [-0.15, -0.1) is 0 Å². The van der Waals surface area contributed by atoms with Crippen LogP contribution in [0.2, 0.25) is 0 Å². The second kappa shape index (κ2) is 3.93. The maximum atomic E-state index is 5.41. The van der Waals surface area contributed by atoms with Crippen LogP contribution in [0.4, 0.5) is 0 Å². The van der Waals surface area contributed by atoms with Gasteiger partial charge in [-0.3, -0.25) is 0 Å². The van der Waals surface area contributed by atoms with Crippen LogP contribution in [-0.2, 0) is 6.42 Å². The molecule has 14 heavy (non-hydrogen) atoms. The van der Waals surface area contributed by atoms with Crippen LogP contribution < -0.4 is 4.74 Å². The van der Waals surface area contributed by atoms with Gasteiger partial charge in [0, 0.05) is 4.47 Å². The van der Waals surface area contributed by atoms with Crippen molar-refractivity contribution in [2.45, 2.75) is 32.1 Å². The zero-order valence-corrected chi connectivity index (χ0v) is 10.2. The number of halogens is 1. The van der Waals surface area contributed by atoms with Crippen LogP contribution in [0, 0.1) is 0 Å². The first-order chi connectivity index (χ1) is 6.72. The maximum absolute atomic E-state index is 5.41. The summed E-state index contributed by atoms with van der Waals surface area (Å²) < 4.78 is 6.54. The minimum absolute atomic E-state index is 0.671. The standard InChI is InChI=1S/C12H15BrO/c1-8-4-3-5-10-11(8)6-9(13)7-12(10)14-2/h6-8H,3-5H2,1-2H3. The highest BCUT2D eigenvalue weighted by Gasteiger charge is 2.20. The Labute approximate surface area is 93.6 Å². The van der Waals surface area contributed by atoms with E-state index in [1.165, 1.54) is 24.0 Å². The second-order valence-corrected chi connectivity index (χ2v) is 4.88. The van der Waals surface area contributed by atoms with E-state index in [9.17, 15) is 0 Å². The van der Waals surface area contributed by atoms with Crippen molar-refractivity contribution in [1.82, 2.24) is 0 Å². The lowest BCUT2D eigenvalue weighted by Crippen LogP contribution is -2.08. The molecular weight excluding hydrogens is 240 g/mol. The minimum atomic E-state index is 0.671. The Bertz CT molecular complexity index is 346. The largest absolute Gasteiger partial charge is 0.496 e. The van der Waals surface area contributed by atoms with Crippen LogP contribution in [0.25, 0.3) is 0 Å². The molecule has 2 heteroatoms. The lowest BCUT2D eigenvalue weighted by molar-refractivity contribution is 0.403. The quantitative estimate of drug-likeness (QED) is 0.739. The summed E-state index contributed by atoms with van der Waals surface area (Å²) in [6.07, 6.45) is 3.74. The van der Waals surface area contributed by atoms with E-state index in [2.05, 4.69) is 35.0 Å². The van der Waals surface area contributed by atoms with Gasteiger partial charge in [0.15, 0.2) is 0 Å². The molecule has 1 nitrogen and oxygen atoms in total. The Morgan fingerprint density at radius 3 is 2.93 bits per heavy atom. The number of fused-ring (bicyclic) bond motifs is 1. The van der Waals surface area contributed by atoms with Crippen molar-refractivity contribution < 1.29 is 4.74 Å². The summed E-state index contributed by atoms with van der Waals surface area (Å²) in [4.78, 5) is 0. The van der Waals surface area contributed by atoms with Crippen molar-refractivity contribution in [2.75, 3.05) is 7.11 Å². The second-order valence-electron chi connectivity index (χ2n) is 3.97. The van der Waals surface area contributed by atoms with E-state index < -0.39 is 0 Å². The van der Waals surface area contributed by atoms with Crippen LogP contribution in [0.15, 0.2) is 16.6 Å². The highest BCUT2D eigenvalue weighted by Crippen LogP contribution is 2.38. The van der Waals surface area contributed by atoms with Gasteiger partial charge in [0.2, 0.25) is 0 Å². The SMILES string of the molecule is COc1cc(Br)cc2c1CCCC2C. The van der Waals surface area contributed by atoms with Crippen molar-refractivity contribution in [3.8, 4) is 5.75 Å².